The van der Waals surface area contributed by atoms with Crippen molar-refractivity contribution in [1.29, 1.82) is 0 Å². The normalized spacial score (nSPS) is 11.2. The minimum atomic E-state index is 0.751. The second kappa shape index (κ2) is 5.84. The van der Waals surface area contributed by atoms with Crippen molar-refractivity contribution in [2.75, 3.05) is 0 Å². The first-order valence-corrected chi connectivity index (χ1v) is 8.04. The highest BCUT2D eigenvalue weighted by Gasteiger charge is 2.12. The average molecular weight is 333 g/mol. The Hall–Kier alpha value is -2.96. The molecule has 7 heteroatoms. The van der Waals surface area contributed by atoms with E-state index in [4.69, 9.17) is 9.31 Å². The van der Waals surface area contributed by atoms with Crippen LogP contribution in [0.1, 0.15) is 11.1 Å². The van der Waals surface area contributed by atoms with Gasteiger partial charge in [-0.1, -0.05) is 0 Å². The Bertz CT molecular complexity index is 998. The summed E-state index contributed by atoms with van der Waals surface area (Å²) >= 11 is 0. The fourth-order valence-corrected chi connectivity index (χ4v) is 3.07. The summed E-state index contributed by atoms with van der Waals surface area (Å²) in [6.07, 6.45) is 3.69. The van der Waals surface area contributed by atoms with E-state index in [1.165, 1.54) is 7.69 Å². The highest BCUT2D eigenvalue weighted by atomic mass is 16.6. The molecule has 0 saturated heterocycles. The standard InChI is InChI=1S/C18H18BN4O2/c1-11-13-9-20-22(3)15(13)5-7-17(11)24-19-25-18-8-6-16-14(12(18)2)10-21-23(16)4/h5-10H,1-4H3. The number of hydrogen-bond acceptors (Lipinski definition) is 4. The topological polar surface area (TPSA) is 54.1 Å². The van der Waals surface area contributed by atoms with Crippen molar-refractivity contribution < 1.29 is 9.31 Å². The van der Waals surface area contributed by atoms with Gasteiger partial charge in [0.1, 0.15) is 11.5 Å². The quantitative estimate of drug-likeness (QED) is 0.539. The molecule has 125 valence electrons. The Morgan fingerprint density at radius 2 is 1.20 bits per heavy atom. The predicted octanol–water partition coefficient (Wildman–Crippen LogP) is 3.07. The third-order valence-corrected chi connectivity index (χ3v) is 4.65. The molecule has 4 rings (SSSR count). The second-order valence-corrected chi connectivity index (χ2v) is 6.11. The van der Waals surface area contributed by atoms with Crippen LogP contribution in [0, 0.1) is 13.8 Å². The van der Waals surface area contributed by atoms with Crippen LogP contribution in [0.2, 0.25) is 0 Å². The van der Waals surface area contributed by atoms with Crippen LogP contribution < -0.4 is 9.31 Å². The van der Waals surface area contributed by atoms with Gasteiger partial charge in [0, 0.05) is 36.0 Å². The third kappa shape index (κ3) is 2.52. The summed E-state index contributed by atoms with van der Waals surface area (Å²) in [5.74, 6) is 1.50. The van der Waals surface area contributed by atoms with Crippen molar-refractivity contribution in [2.45, 2.75) is 13.8 Å². The maximum atomic E-state index is 5.73. The van der Waals surface area contributed by atoms with E-state index in [1.54, 1.807) is 0 Å². The summed E-state index contributed by atoms with van der Waals surface area (Å²) < 4.78 is 15.1. The highest BCUT2D eigenvalue weighted by Crippen LogP contribution is 2.28. The Kier molecular flexibility index (Phi) is 3.64. The summed E-state index contributed by atoms with van der Waals surface area (Å²) in [4.78, 5) is 0. The number of rotatable bonds is 4. The number of fused-ring (bicyclic) bond motifs is 2. The summed E-state index contributed by atoms with van der Waals surface area (Å²) in [6, 6.07) is 7.84. The first-order chi connectivity index (χ1) is 12.1. The lowest BCUT2D eigenvalue weighted by molar-refractivity contribution is 0.456. The molecule has 25 heavy (non-hydrogen) atoms. The zero-order valence-corrected chi connectivity index (χ0v) is 14.6. The number of benzene rings is 2. The summed E-state index contributed by atoms with van der Waals surface area (Å²) in [6.45, 7) is 4.03. The Morgan fingerprint density at radius 1 is 0.760 bits per heavy atom. The monoisotopic (exact) mass is 333 g/mol. The molecule has 0 amide bonds. The molecule has 0 aliphatic rings. The van der Waals surface area contributed by atoms with Gasteiger partial charge in [0.2, 0.25) is 0 Å². The maximum absolute atomic E-state index is 5.73. The van der Waals surface area contributed by atoms with E-state index >= 15 is 0 Å². The zero-order valence-electron chi connectivity index (χ0n) is 14.6. The molecule has 2 heterocycles. The van der Waals surface area contributed by atoms with Gasteiger partial charge in [0.25, 0.3) is 0 Å². The Balaban J connectivity index is 1.53. The van der Waals surface area contributed by atoms with E-state index in [0.29, 0.717) is 0 Å². The van der Waals surface area contributed by atoms with Crippen molar-refractivity contribution in [3.05, 3.63) is 47.8 Å². The fourth-order valence-electron chi connectivity index (χ4n) is 3.07. The molecule has 2 aromatic carbocycles. The molecule has 4 aromatic rings. The second-order valence-electron chi connectivity index (χ2n) is 6.11. The van der Waals surface area contributed by atoms with Crippen molar-refractivity contribution >= 4 is 29.5 Å². The lowest BCUT2D eigenvalue weighted by Crippen LogP contribution is -2.12. The van der Waals surface area contributed by atoms with E-state index in [2.05, 4.69) is 10.2 Å². The Morgan fingerprint density at radius 3 is 1.64 bits per heavy atom. The van der Waals surface area contributed by atoms with Gasteiger partial charge in [-0.25, -0.2) is 0 Å². The van der Waals surface area contributed by atoms with Crippen LogP contribution in [0.15, 0.2) is 36.7 Å². The van der Waals surface area contributed by atoms with E-state index in [-0.39, 0.29) is 0 Å². The number of aromatic nitrogens is 4. The van der Waals surface area contributed by atoms with Crippen LogP contribution in [0.4, 0.5) is 0 Å². The van der Waals surface area contributed by atoms with E-state index in [1.807, 2.05) is 74.0 Å². The van der Waals surface area contributed by atoms with E-state index < -0.39 is 0 Å². The van der Waals surface area contributed by atoms with Crippen molar-refractivity contribution in [3.8, 4) is 11.5 Å². The molecule has 2 aromatic heterocycles. The smallest absolute Gasteiger partial charge is 0.526 e. The molecule has 6 nitrogen and oxygen atoms in total. The van der Waals surface area contributed by atoms with Gasteiger partial charge in [0.15, 0.2) is 0 Å². The molecule has 0 aliphatic heterocycles. The van der Waals surface area contributed by atoms with E-state index in [0.717, 1.165) is 44.4 Å². The third-order valence-electron chi connectivity index (χ3n) is 4.65. The lowest BCUT2D eigenvalue weighted by atomic mass is 10.1. The molecular weight excluding hydrogens is 315 g/mol. The predicted molar refractivity (Wildman–Crippen MR) is 97.9 cm³/mol. The first kappa shape index (κ1) is 15.6. The molecule has 0 spiro atoms. The van der Waals surface area contributed by atoms with Crippen molar-refractivity contribution in [3.63, 3.8) is 0 Å². The minimum Gasteiger partial charge on any atom is -0.526 e. The first-order valence-electron chi connectivity index (χ1n) is 8.04. The van der Waals surface area contributed by atoms with Gasteiger partial charge in [-0.3, -0.25) is 9.36 Å². The number of nitrogens with zero attached hydrogens (tertiary/aromatic N) is 4. The summed E-state index contributed by atoms with van der Waals surface area (Å²) in [5.41, 5.74) is 4.21. The lowest BCUT2D eigenvalue weighted by Gasteiger charge is -2.11. The van der Waals surface area contributed by atoms with Crippen LogP contribution in [-0.2, 0) is 14.1 Å². The van der Waals surface area contributed by atoms with Crippen LogP contribution >= 0.6 is 0 Å². The average Bonchev–Trinajstić information content (AvgIpc) is 3.16. The highest BCUT2D eigenvalue weighted by molar-refractivity contribution is 6.21. The Labute approximate surface area is 146 Å². The van der Waals surface area contributed by atoms with Gasteiger partial charge in [0.05, 0.1) is 23.4 Å². The van der Waals surface area contributed by atoms with Gasteiger partial charge < -0.3 is 9.31 Å². The molecule has 0 N–H and O–H groups in total. The molecule has 1 radical (unpaired) electrons. The van der Waals surface area contributed by atoms with Crippen LogP contribution in [0.5, 0.6) is 11.5 Å². The van der Waals surface area contributed by atoms with Gasteiger partial charge in [-0.2, -0.15) is 10.2 Å². The number of hydrogen-bond donors (Lipinski definition) is 0. The van der Waals surface area contributed by atoms with Gasteiger partial charge in [-0.05, 0) is 38.1 Å². The molecule has 0 aliphatic carbocycles. The van der Waals surface area contributed by atoms with Crippen LogP contribution in [0.25, 0.3) is 21.8 Å². The minimum absolute atomic E-state index is 0.751. The van der Waals surface area contributed by atoms with Crippen LogP contribution in [-0.4, -0.2) is 27.2 Å². The maximum Gasteiger partial charge on any atom is 0.658 e. The molecule has 0 fully saturated rings. The van der Waals surface area contributed by atoms with Crippen molar-refractivity contribution in [2.24, 2.45) is 14.1 Å². The van der Waals surface area contributed by atoms with Gasteiger partial charge in [-0.15, -0.1) is 0 Å². The molecule has 0 saturated carbocycles. The largest absolute Gasteiger partial charge is 0.658 e. The summed E-state index contributed by atoms with van der Waals surface area (Å²) in [7, 11) is 5.22. The van der Waals surface area contributed by atoms with E-state index in [9.17, 15) is 0 Å². The van der Waals surface area contributed by atoms with Gasteiger partial charge >= 0.3 is 7.69 Å². The fraction of sp³-hybridized carbons (Fsp3) is 0.222. The zero-order chi connectivity index (χ0) is 17.6. The molecule has 0 unspecified atom stereocenters. The molecular formula is C18H18BN4O2. The summed E-state index contributed by atoms with van der Waals surface area (Å²) in [5, 5.41) is 10.7. The van der Waals surface area contributed by atoms with Crippen molar-refractivity contribution in [1.82, 2.24) is 19.6 Å². The SMILES string of the molecule is Cc1c(O[B]Oc2ccc3c(cnn3C)c2C)ccc2c1cnn2C. The molecule has 0 atom stereocenters. The molecule has 0 bridgehead atoms. The number of aryl methyl sites for hydroxylation is 4. The van der Waals surface area contributed by atoms with Crippen LogP contribution in [0.3, 0.4) is 0 Å².